The SMILES string of the molecule is Nc1nc(COCC(F)(F)F)nc2c1CSC2. The van der Waals surface area contributed by atoms with E-state index in [0.717, 1.165) is 17.0 Å². The Balaban J connectivity index is 2.00. The van der Waals surface area contributed by atoms with Crippen LogP contribution in [0.1, 0.15) is 17.1 Å². The van der Waals surface area contributed by atoms with Crippen LogP contribution in [-0.2, 0) is 22.8 Å². The minimum Gasteiger partial charge on any atom is -0.383 e. The van der Waals surface area contributed by atoms with E-state index in [2.05, 4.69) is 14.7 Å². The van der Waals surface area contributed by atoms with Crippen LogP contribution in [-0.4, -0.2) is 22.8 Å². The lowest BCUT2D eigenvalue weighted by atomic mass is 10.2. The molecule has 0 saturated carbocycles. The minimum absolute atomic E-state index is 0.202. The normalized spacial score (nSPS) is 15.0. The van der Waals surface area contributed by atoms with E-state index in [4.69, 9.17) is 5.73 Å². The molecule has 17 heavy (non-hydrogen) atoms. The Morgan fingerprint density at radius 3 is 2.76 bits per heavy atom. The Kier molecular flexibility index (Phi) is 3.43. The van der Waals surface area contributed by atoms with Gasteiger partial charge in [-0.05, 0) is 0 Å². The monoisotopic (exact) mass is 265 g/mol. The van der Waals surface area contributed by atoms with Crippen LogP contribution in [0.3, 0.4) is 0 Å². The molecule has 0 saturated heterocycles. The molecule has 2 N–H and O–H groups in total. The van der Waals surface area contributed by atoms with Crippen molar-refractivity contribution in [3.05, 3.63) is 17.1 Å². The van der Waals surface area contributed by atoms with Gasteiger partial charge in [0, 0.05) is 17.1 Å². The summed E-state index contributed by atoms with van der Waals surface area (Å²) in [6.45, 7) is -1.58. The number of nitrogen functional groups attached to an aromatic ring is 1. The van der Waals surface area contributed by atoms with Crippen molar-refractivity contribution >= 4 is 17.6 Å². The molecule has 0 aliphatic carbocycles. The minimum atomic E-state index is -4.34. The molecule has 1 aromatic heterocycles. The number of rotatable bonds is 3. The standard InChI is InChI=1S/C9H10F3N3OS/c10-9(11,12)4-16-1-7-14-6-3-17-2-5(6)8(13)15-7/h1-4H2,(H2,13,14,15). The Morgan fingerprint density at radius 1 is 1.29 bits per heavy atom. The maximum Gasteiger partial charge on any atom is 0.411 e. The Hall–Kier alpha value is -1.02. The number of alkyl halides is 3. The summed E-state index contributed by atoms with van der Waals surface area (Å²) in [4.78, 5) is 8.05. The van der Waals surface area contributed by atoms with Crippen molar-refractivity contribution in [1.29, 1.82) is 0 Å². The van der Waals surface area contributed by atoms with Gasteiger partial charge in [-0.3, -0.25) is 0 Å². The van der Waals surface area contributed by atoms with Crippen LogP contribution in [0, 0.1) is 0 Å². The third kappa shape index (κ3) is 3.22. The van der Waals surface area contributed by atoms with Gasteiger partial charge in [0.2, 0.25) is 0 Å². The predicted octanol–water partition coefficient (Wildman–Crippen LogP) is 1.88. The lowest BCUT2D eigenvalue weighted by Gasteiger charge is -2.08. The van der Waals surface area contributed by atoms with Crippen LogP contribution in [0.5, 0.6) is 0 Å². The first kappa shape index (κ1) is 12.4. The number of halogens is 3. The molecule has 0 atom stereocenters. The molecule has 0 bridgehead atoms. The molecule has 0 unspecified atom stereocenters. The van der Waals surface area contributed by atoms with Crippen LogP contribution in [0.15, 0.2) is 0 Å². The topological polar surface area (TPSA) is 61.0 Å². The number of aromatic nitrogens is 2. The molecule has 94 valence electrons. The number of fused-ring (bicyclic) bond motifs is 1. The Bertz CT molecular complexity index is 425. The average Bonchev–Trinajstić information content (AvgIpc) is 2.64. The predicted molar refractivity (Wildman–Crippen MR) is 57.2 cm³/mol. The van der Waals surface area contributed by atoms with E-state index in [9.17, 15) is 13.2 Å². The highest BCUT2D eigenvalue weighted by Gasteiger charge is 2.27. The van der Waals surface area contributed by atoms with E-state index in [1.54, 1.807) is 11.8 Å². The molecule has 2 rings (SSSR count). The average molecular weight is 265 g/mol. The molecular weight excluding hydrogens is 255 g/mol. The number of hydrogen-bond acceptors (Lipinski definition) is 5. The first-order valence-corrected chi connectivity index (χ1v) is 5.97. The molecule has 0 spiro atoms. The third-order valence-electron chi connectivity index (χ3n) is 2.15. The summed E-state index contributed by atoms with van der Waals surface area (Å²) < 4.78 is 40.1. The number of thioether (sulfide) groups is 1. The molecule has 0 amide bonds. The van der Waals surface area contributed by atoms with Crippen molar-refractivity contribution in [3.63, 3.8) is 0 Å². The van der Waals surface area contributed by atoms with Gasteiger partial charge in [0.25, 0.3) is 0 Å². The highest BCUT2D eigenvalue weighted by Crippen LogP contribution is 2.31. The number of anilines is 1. The van der Waals surface area contributed by atoms with E-state index >= 15 is 0 Å². The fourth-order valence-electron chi connectivity index (χ4n) is 1.45. The second-order valence-electron chi connectivity index (χ2n) is 3.55. The van der Waals surface area contributed by atoms with Crippen molar-refractivity contribution in [2.45, 2.75) is 24.3 Å². The highest BCUT2D eigenvalue weighted by molar-refractivity contribution is 7.98. The number of ether oxygens (including phenoxy) is 1. The summed E-state index contributed by atoms with van der Waals surface area (Å²) in [5.74, 6) is 2.01. The first-order valence-electron chi connectivity index (χ1n) is 4.82. The lowest BCUT2D eigenvalue weighted by Crippen LogP contribution is -2.17. The fraction of sp³-hybridized carbons (Fsp3) is 0.556. The van der Waals surface area contributed by atoms with Crippen molar-refractivity contribution in [1.82, 2.24) is 9.97 Å². The van der Waals surface area contributed by atoms with Gasteiger partial charge in [-0.25, -0.2) is 9.97 Å². The molecule has 0 aromatic carbocycles. The van der Waals surface area contributed by atoms with Crippen LogP contribution in [0.4, 0.5) is 19.0 Å². The zero-order valence-corrected chi connectivity index (χ0v) is 9.57. The lowest BCUT2D eigenvalue weighted by molar-refractivity contribution is -0.177. The van der Waals surface area contributed by atoms with Gasteiger partial charge >= 0.3 is 6.18 Å². The molecule has 1 aromatic rings. The third-order valence-corrected chi connectivity index (χ3v) is 3.12. The van der Waals surface area contributed by atoms with Crippen LogP contribution >= 0.6 is 11.8 Å². The van der Waals surface area contributed by atoms with Crippen LogP contribution in [0.2, 0.25) is 0 Å². The molecule has 8 heteroatoms. The van der Waals surface area contributed by atoms with Crippen LogP contribution < -0.4 is 5.73 Å². The van der Waals surface area contributed by atoms with E-state index in [1.807, 2.05) is 0 Å². The summed E-state index contributed by atoms with van der Waals surface area (Å²) in [5.41, 5.74) is 7.37. The van der Waals surface area contributed by atoms with Crippen LogP contribution in [0.25, 0.3) is 0 Å². The molecule has 1 aliphatic heterocycles. The smallest absolute Gasteiger partial charge is 0.383 e. The first-order chi connectivity index (χ1) is 7.96. The van der Waals surface area contributed by atoms with Crippen molar-refractivity contribution in [2.24, 2.45) is 0 Å². The maximum absolute atomic E-state index is 11.9. The van der Waals surface area contributed by atoms with E-state index in [0.29, 0.717) is 11.6 Å². The Labute approximate surface area is 99.8 Å². The largest absolute Gasteiger partial charge is 0.411 e. The van der Waals surface area contributed by atoms with E-state index in [1.165, 1.54) is 0 Å². The Morgan fingerprint density at radius 2 is 2.06 bits per heavy atom. The summed E-state index contributed by atoms with van der Waals surface area (Å²) >= 11 is 1.65. The van der Waals surface area contributed by atoms with E-state index < -0.39 is 12.8 Å². The van der Waals surface area contributed by atoms with Crippen molar-refractivity contribution in [2.75, 3.05) is 12.3 Å². The van der Waals surface area contributed by atoms with Gasteiger partial charge in [-0.2, -0.15) is 24.9 Å². The summed E-state index contributed by atoms with van der Waals surface area (Å²) in [5, 5.41) is 0. The molecule has 4 nitrogen and oxygen atoms in total. The van der Waals surface area contributed by atoms with Gasteiger partial charge in [0.1, 0.15) is 19.0 Å². The van der Waals surface area contributed by atoms with Gasteiger partial charge < -0.3 is 10.5 Å². The van der Waals surface area contributed by atoms with E-state index in [-0.39, 0.29) is 12.4 Å². The zero-order valence-electron chi connectivity index (χ0n) is 8.75. The molecular formula is C9H10F3N3OS. The zero-order chi connectivity index (χ0) is 12.5. The number of hydrogen-bond donors (Lipinski definition) is 1. The summed E-state index contributed by atoms with van der Waals surface area (Å²) in [6, 6.07) is 0. The number of nitrogens with zero attached hydrogens (tertiary/aromatic N) is 2. The van der Waals surface area contributed by atoms with Gasteiger partial charge in [0.05, 0.1) is 5.69 Å². The molecule has 1 aliphatic rings. The van der Waals surface area contributed by atoms with Gasteiger partial charge in [0.15, 0.2) is 5.82 Å². The van der Waals surface area contributed by atoms with Crippen molar-refractivity contribution in [3.8, 4) is 0 Å². The second-order valence-corrected chi connectivity index (χ2v) is 4.54. The summed E-state index contributed by atoms with van der Waals surface area (Å²) in [7, 11) is 0. The summed E-state index contributed by atoms with van der Waals surface area (Å²) in [6.07, 6.45) is -4.34. The maximum atomic E-state index is 11.9. The molecule has 0 radical (unpaired) electrons. The van der Waals surface area contributed by atoms with Crippen molar-refractivity contribution < 1.29 is 17.9 Å². The van der Waals surface area contributed by atoms with Gasteiger partial charge in [-0.15, -0.1) is 0 Å². The highest BCUT2D eigenvalue weighted by atomic mass is 32.2. The second kappa shape index (κ2) is 4.69. The van der Waals surface area contributed by atoms with Gasteiger partial charge in [-0.1, -0.05) is 0 Å². The quantitative estimate of drug-likeness (QED) is 0.904. The molecule has 2 heterocycles. The number of nitrogens with two attached hydrogens (primary N) is 1. The fourth-order valence-corrected chi connectivity index (χ4v) is 2.50. The molecule has 0 fully saturated rings.